The topological polar surface area (TPSA) is 82.3 Å². The number of nitrogens with zero attached hydrogens (tertiary/aromatic N) is 4. The molecule has 7 nitrogen and oxygen atoms in total. The van der Waals surface area contributed by atoms with Crippen LogP contribution < -0.4 is 5.32 Å². The number of hydrogen-bond acceptors (Lipinski definition) is 4. The van der Waals surface area contributed by atoms with Crippen molar-refractivity contribution in [2.75, 3.05) is 14.1 Å². The van der Waals surface area contributed by atoms with Crippen molar-refractivity contribution in [3.63, 3.8) is 0 Å². The molecule has 160 valence electrons. The maximum Gasteiger partial charge on any atom is 0.214 e. The highest BCUT2D eigenvalue weighted by Gasteiger charge is 2.12. The average Bonchev–Trinajstić information content (AvgIpc) is 3.45. The second kappa shape index (κ2) is 10.8. The van der Waals surface area contributed by atoms with Crippen LogP contribution in [0.3, 0.4) is 0 Å². The molecule has 0 saturated carbocycles. The van der Waals surface area contributed by atoms with E-state index in [2.05, 4.69) is 37.4 Å². The summed E-state index contributed by atoms with van der Waals surface area (Å²) in [6.45, 7) is 1.03. The van der Waals surface area contributed by atoms with Crippen LogP contribution in [0, 0.1) is 0 Å². The lowest BCUT2D eigenvalue weighted by Gasteiger charge is -2.20. The van der Waals surface area contributed by atoms with Gasteiger partial charge in [0.25, 0.3) is 0 Å². The van der Waals surface area contributed by atoms with Crippen molar-refractivity contribution in [3.8, 4) is 22.6 Å². The van der Waals surface area contributed by atoms with Crippen LogP contribution in [-0.4, -0.2) is 39.9 Å². The number of imidazole rings is 1. The fourth-order valence-corrected chi connectivity index (χ4v) is 3.17. The summed E-state index contributed by atoms with van der Waals surface area (Å²) in [7, 11) is 3.71. The predicted octanol–water partition coefficient (Wildman–Crippen LogP) is 4.56. The fourth-order valence-electron chi connectivity index (χ4n) is 3.17. The van der Waals surface area contributed by atoms with E-state index in [1.807, 2.05) is 66.7 Å². The van der Waals surface area contributed by atoms with Gasteiger partial charge in [0.05, 0.1) is 31.2 Å². The highest BCUT2D eigenvalue weighted by atomic mass is 127. The van der Waals surface area contributed by atoms with Crippen LogP contribution in [0.2, 0.25) is 0 Å². The largest absolute Gasteiger partial charge is 0.439 e. The van der Waals surface area contributed by atoms with Crippen LogP contribution in [0.1, 0.15) is 11.7 Å². The van der Waals surface area contributed by atoms with Gasteiger partial charge in [-0.05, 0) is 5.56 Å². The molecule has 2 aromatic heterocycles. The molecule has 0 atom stereocenters. The van der Waals surface area contributed by atoms with Crippen LogP contribution in [0.25, 0.3) is 22.6 Å². The Morgan fingerprint density at radius 3 is 2.35 bits per heavy atom. The fraction of sp³-hybridized carbons (Fsp3) is 0.174. The highest BCUT2D eigenvalue weighted by Crippen LogP contribution is 2.20. The summed E-state index contributed by atoms with van der Waals surface area (Å²) in [5.41, 5.74) is 3.11. The van der Waals surface area contributed by atoms with E-state index < -0.39 is 0 Å². The van der Waals surface area contributed by atoms with Crippen molar-refractivity contribution in [2.45, 2.75) is 13.1 Å². The minimum Gasteiger partial charge on any atom is -0.439 e. The molecular formula is C23H25IN6O. The molecule has 0 aliphatic rings. The lowest BCUT2D eigenvalue weighted by molar-refractivity contribution is 0.448. The van der Waals surface area contributed by atoms with E-state index in [0.29, 0.717) is 19.0 Å². The van der Waals surface area contributed by atoms with E-state index in [1.165, 1.54) is 0 Å². The van der Waals surface area contributed by atoms with E-state index >= 15 is 0 Å². The first kappa shape index (κ1) is 22.5. The van der Waals surface area contributed by atoms with Gasteiger partial charge in [0.1, 0.15) is 5.82 Å². The number of aliphatic imine (C=N–C) groups is 1. The maximum absolute atomic E-state index is 5.85. The number of H-pyrrole nitrogens is 1. The van der Waals surface area contributed by atoms with Crippen molar-refractivity contribution in [3.05, 3.63) is 84.8 Å². The Labute approximate surface area is 198 Å². The van der Waals surface area contributed by atoms with E-state index in [4.69, 9.17) is 4.42 Å². The zero-order valence-electron chi connectivity index (χ0n) is 17.4. The normalized spacial score (nSPS) is 11.1. The van der Waals surface area contributed by atoms with E-state index in [1.54, 1.807) is 13.2 Å². The summed E-state index contributed by atoms with van der Waals surface area (Å²) in [4.78, 5) is 18.6. The van der Waals surface area contributed by atoms with Crippen molar-refractivity contribution >= 4 is 29.9 Å². The van der Waals surface area contributed by atoms with Gasteiger partial charge >= 0.3 is 0 Å². The minimum atomic E-state index is 0. The molecule has 0 saturated heterocycles. The summed E-state index contributed by atoms with van der Waals surface area (Å²) in [5, 5.41) is 3.29. The smallest absolute Gasteiger partial charge is 0.214 e. The number of rotatable bonds is 6. The lowest BCUT2D eigenvalue weighted by Crippen LogP contribution is -2.38. The first-order valence-electron chi connectivity index (χ1n) is 9.74. The minimum absolute atomic E-state index is 0. The number of benzene rings is 2. The molecule has 2 heterocycles. The third-order valence-electron chi connectivity index (χ3n) is 4.68. The van der Waals surface area contributed by atoms with E-state index in [0.717, 1.165) is 34.4 Å². The molecule has 0 amide bonds. The number of hydrogen-bond donors (Lipinski definition) is 2. The summed E-state index contributed by atoms with van der Waals surface area (Å²) < 4.78 is 5.85. The van der Waals surface area contributed by atoms with Crippen LogP contribution in [0.4, 0.5) is 0 Å². The molecule has 0 fully saturated rings. The van der Waals surface area contributed by atoms with Crippen LogP contribution in [0.15, 0.2) is 82.5 Å². The Morgan fingerprint density at radius 1 is 1.00 bits per heavy atom. The number of guanidine groups is 1. The molecule has 0 aliphatic carbocycles. The average molecular weight is 528 g/mol. The van der Waals surface area contributed by atoms with Gasteiger partial charge in [-0.3, -0.25) is 4.99 Å². The molecule has 2 aromatic carbocycles. The standard InChI is InChI=1S/C23H24N6O.HI/c1-24-23(27-15-22-26-14-20(30-22)18-11-7-4-8-12-18)29(2)16-21-25-13-19(28-21)17-9-5-3-6-10-17;/h3-14H,15-16H2,1-2H3,(H,24,27)(H,25,28);1H. The van der Waals surface area contributed by atoms with Crippen LogP contribution >= 0.6 is 24.0 Å². The summed E-state index contributed by atoms with van der Waals surface area (Å²) in [5.74, 6) is 2.95. The van der Waals surface area contributed by atoms with Gasteiger partial charge in [-0.15, -0.1) is 24.0 Å². The molecule has 8 heteroatoms. The Hall–Kier alpha value is -3.14. The summed E-state index contributed by atoms with van der Waals surface area (Å²) >= 11 is 0. The second-order valence-corrected chi connectivity index (χ2v) is 6.85. The molecule has 31 heavy (non-hydrogen) atoms. The Kier molecular flexibility index (Phi) is 7.82. The predicted molar refractivity (Wildman–Crippen MR) is 133 cm³/mol. The number of aromatic nitrogens is 3. The van der Waals surface area contributed by atoms with Gasteiger partial charge in [0, 0.05) is 19.7 Å². The Balaban J connectivity index is 0.00000272. The third-order valence-corrected chi connectivity index (χ3v) is 4.68. The quantitative estimate of drug-likeness (QED) is 0.218. The van der Waals surface area contributed by atoms with Crippen molar-refractivity contribution in [2.24, 2.45) is 4.99 Å². The number of oxazole rings is 1. The van der Waals surface area contributed by atoms with Crippen LogP contribution in [0.5, 0.6) is 0 Å². The zero-order chi connectivity index (χ0) is 20.8. The van der Waals surface area contributed by atoms with Crippen molar-refractivity contribution in [1.29, 1.82) is 0 Å². The number of aromatic amines is 1. The van der Waals surface area contributed by atoms with Gasteiger partial charge in [-0.25, -0.2) is 9.97 Å². The molecule has 4 aromatic rings. The zero-order valence-corrected chi connectivity index (χ0v) is 19.8. The third kappa shape index (κ3) is 5.72. The van der Waals surface area contributed by atoms with E-state index in [9.17, 15) is 0 Å². The molecule has 0 unspecified atom stereocenters. The monoisotopic (exact) mass is 528 g/mol. The van der Waals surface area contributed by atoms with Crippen molar-refractivity contribution in [1.82, 2.24) is 25.2 Å². The molecule has 0 spiro atoms. The molecule has 0 bridgehead atoms. The Morgan fingerprint density at radius 2 is 1.68 bits per heavy atom. The first-order chi connectivity index (χ1) is 14.7. The first-order valence-corrected chi connectivity index (χ1v) is 9.74. The highest BCUT2D eigenvalue weighted by molar-refractivity contribution is 14.0. The number of nitrogens with one attached hydrogen (secondary N) is 2. The van der Waals surface area contributed by atoms with Gasteiger partial charge < -0.3 is 19.6 Å². The van der Waals surface area contributed by atoms with Gasteiger partial charge in [-0.1, -0.05) is 60.7 Å². The Bertz CT molecular complexity index is 1110. The van der Waals surface area contributed by atoms with E-state index in [-0.39, 0.29) is 24.0 Å². The van der Waals surface area contributed by atoms with Crippen LogP contribution in [-0.2, 0) is 13.1 Å². The van der Waals surface area contributed by atoms with Gasteiger partial charge in [0.2, 0.25) is 5.89 Å². The molecule has 0 radical (unpaired) electrons. The molecule has 2 N–H and O–H groups in total. The summed E-state index contributed by atoms with van der Waals surface area (Å²) in [6, 6.07) is 20.1. The van der Waals surface area contributed by atoms with Crippen molar-refractivity contribution < 1.29 is 4.42 Å². The molecular weight excluding hydrogens is 503 g/mol. The van der Waals surface area contributed by atoms with Gasteiger partial charge in [-0.2, -0.15) is 0 Å². The molecule has 0 aliphatic heterocycles. The second-order valence-electron chi connectivity index (χ2n) is 6.85. The maximum atomic E-state index is 5.85. The lowest BCUT2D eigenvalue weighted by atomic mass is 10.2. The number of halogens is 1. The SMILES string of the molecule is CN=C(NCc1ncc(-c2ccccc2)o1)N(C)Cc1ncc(-c2ccccc2)[nH]1.I. The van der Waals surface area contributed by atoms with Gasteiger partial charge in [0.15, 0.2) is 11.7 Å². The molecule has 4 rings (SSSR count). The summed E-state index contributed by atoms with van der Waals surface area (Å²) in [6.07, 6.45) is 3.60.